The molecule has 0 aliphatic rings. The van der Waals surface area contributed by atoms with E-state index in [1.54, 1.807) is 0 Å². The first-order valence-electron chi connectivity index (χ1n) is 14.0. The maximum Gasteiger partial charge on any atom is 0.119 e. The molecule has 1 aromatic carbocycles. The van der Waals surface area contributed by atoms with E-state index in [2.05, 4.69) is 26.0 Å². The highest BCUT2D eigenvalue weighted by Crippen LogP contribution is 2.15. The fourth-order valence-corrected chi connectivity index (χ4v) is 3.47. The van der Waals surface area contributed by atoms with Crippen molar-refractivity contribution < 1.29 is 38.3 Å². The number of benzene rings is 1. The largest absolute Gasteiger partial charge is 0.491 e. The predicted molar refractivity (Wildman–Crippen MR) is 146 cm³/mol. The Bertz CT molecular complexity index is 582. The summed E-state index contributed by atoms with van der Waals surface area (Å²) in [6.07, 6.45) is 7.76. The van der Waals surface area contributed by atoms with Gasteiger partial charge in [-0.1, -0.05) is 51.7 Å². The molecule has 0 aromatic heterocycles. The van der Waals surface area contributed by atoms with Crippen molar-refractivity contribution in [2.24, 2.45) is 5.92 Å². The predicted octanol–water partition coefficient (Wildman–Crippen LogP) is 4.31. The van der Waals surface area contributed by atoms with Crippen LogP contribution >= 0.6 is 0 Å². The van der Waals surface area contributed by atoms with E-state index in [4.69, 9.17) is 38.3 Å². The molecule has 1 N–H and O–H groups in total. The van der Waals surface area contributed by atoms with Crippen molar-refractivity contribution in [1.29, 1.82) is 0 Å². The number of ether oxygens (including phenoxy) is 7. The topological polar surface area (TPSA) is 84.8 Å². The number of unbranched alkanes of at least 4 members (excludes halogenated alkanes) is 3. The molecule has 0 fully saturated rings. The quantitative estimate of drug-likeness (QED) is 0.161. The van der Waals surface area contributed by atoms with Gasteiger partial charge in [-0.2, -0.15) is 0 Å². The standard InChI is InChI=1S/C29H52O8/c1-27(2)7-5-3-4-6-8-28-9-11-29(12-10-28)37-26-25-36-24-23-35-22-21-34-20-19-33-18-17-32-16-15-31-14-13-30/h9-12,27,30H,3-8,13-26H2,1-2H3. The number of aliphatic hydroxyl groups is 1. The highest BCUT2D eigenvalue weighted by atomic mass is 16.6. The van der Waals surface area contributed by atoms with Gasteiger partial charge < -0.3 is 38.3 Å². The Morgan fingerprint density at radius 2 is 0.973 bits per heavy atom. The molecule has 0 atom stereocenters. The second kappa shape index (κ2) is 26.4. The summed E-state index contributed by atoms with van der Waals surface area (Å²) in [7, 11) is 0. The van der Waals surface area contributed by atoms with Crippen LogP contribution in [-0.2, 0) is 34.8 Å². The van der Waals surface area contributed by atoms with Crippen molar-refractivity contribution >= 4 is 0 Å². The lowest BCUT2D eigenvalue weighted by Gasteiger charge is -2.09. The number of aryl methyl sites for hydroxylation is 1. The molecule has 0 aliphatic heterocycles. The highest BCUT2D eigenvalue weighted by Gasteiger charge is 1.99. The van der Waals surface area contributed by atoms with Crippen LogP contribution in [0.15, 0.2) is 24.3 Å². The molecule has 37 heavy (non-hydrogen) atoms. The van der Waals surface area contributed by atoms with E-state index in [1.165, 1.54) is 37.7 Å². The zero-order valence-electron chi connectivity index (χ0n) is 23.3. The summed E-state index contributed by atoms with van der Waals surface area (Å²) >= 11 is 0. The van der Waals surface area contributed by atoms with Crippen LogP contribution < -0.4 is 4.74 Å². The summed E-state index contributed by atoms with van der Waals surface area (Å²) in [6.45, 7) is 11.2. The van der Waals surface area contributed by atoms with Crippen LogP contribution in [0.1, 0.15) is 51.5 Å². The van der Waals surface area contributed by atoms with Crippen LogP contribution in [-0.4, -0.2) is 97.6 Å². The summed E-state index contributed by atoms with van der Waals surface area (Å²) < 4.78 is 38.1. The van der Waals surface area contributed by atoms with Crippen molar-refractivity contribution in [2.45, 2.75) is 52.4 Å². The molecule has 0 saturated heterocycles. The summed E-state index contributed by atoms with van der Waals surface area (Å²) in [4.78, 5) is 0. The third kappa shape index (κ3) is 23.6. The Morgan fingerprint density at radius 1 is 0.541 bits per heavy atom. The van der Waals surface area contributed by atoms with Crippen LogP contribution in [0.4, 0.5) is 0 Å². The van der Waals surface area contributed by atoms with E-state index in [9.17, 15) is 0 Å². The second-order valence-corrected chi connectivity index (χ2v) is 9.24. The maximum absolute atomic E-state index is 8.57. The molecule has 0 radical (unpaired) electrons. The minimum absolute atomic E-state index is 0.0341. The van der Waals surface area contributed by atoms with Gasteiger partial charge in [0.05, 0.1) is 85.9 Å². The zero-order chi connectivity index (χ0) is 26.7. The summed E-state index contributed by atoms with van der Waals surface area (Å²) in [5, 5.41) is 8.57. The third-order valence-corrected chi connectivity index (χ3v) is 5.51. The first kappa shape index (κ1) is 33.8. The van der Waals surface area contributed by atoms with Gasteiger partial charge in [0.1, 0.15) is 12.4 Å². The Kier molecular flexibility index (Phi) is 24.0. The monoisotopic (exact) mass is 528 g/mol. The van der Waals surface area contributed by atoms with Crippen molar-refractivity contribution in [2.75, 3.05) is 92.5 Å². The van der Waals surface area contributed by atoms with Gasteiger partial charge >= 0.3 is 0 Å². The van der Waals surface area contributed by atoms with Crippen molar-refractivity contribution in [3.8, 4) is 5.75 Å². The maximum atomic E-state index is 8.57. The average molecular weight is 529 g/mol. The minimum atomic E-state index is 0.0341. The summed E-state index contributed by atoms with van der Waals surface area (Å²) in [5.41, 5.74) is 1.38. The van der Waals surface area contributed by atoms with Crippen molar-refractivity contribution in [1.82, 2.24) is 0 Å². The molecule has 0 bridgehead atoms. The number of hydrogen-bond donors (Lipinski definition) is 1. The normalized spacial score (nSPS) is 11.5. The third-order valence-electron chi connectivity index (χ3n) is 5.51. The molecule has 0 amide bonds. The summed E-state index contributed by atoms with van der Waals surface area (Å²) in [6, 6.07) is 8.43. The van der Waals surface area contributed by atoms with Crippen LogP contribution in [0.25, 0.3) is 0 Å². The van der Waals surface area contributed by atoms with Gasteiger partial charge in [0.15, 0.2) is 0 Å². The molecule has 0 spiro atoms. The van der Waals surface area contributed by atoms with Crippen LogP contribution in [0.5, 0.6) is 5.75 Å². The van der Waals surface area contributed by atoms with E-state index in [0.717, 1.165) is 18.1 Å². The van der Waals surface area contributed by atoms with Crippen LogP contribution in [0.3, 0.4) is 0 Å². The van der Waals surface area contributed by atoms with Gasteiger partial charge in [-0.3, -0.25) is 0 Å². The lowest BCUT2D eigenvalue weighted by molar-refractivity contribution is -0.0191. The molecule has 216 valence electrons. The Hall–Kier alpha value is -1.26. The van der Waals surface area contributed by atoms with Gasteiger partial charge in [0, 0.05) is 0 Å². The zero-order valence-corrected chi connectivity index (χ0v) is 23.3. The lowest BCUT2D eigenvalue weighted by atomic mass is 10.0. The van der Waals surface area contributed by atoms with Gasteiger partial charge in [-0.25, -0.2) is 0 Å². The molecule has 1 rings (SSSR count). The molecule has 0 heterocycles. The van der Waals surface area contributed by atoms with E-state index in [1.807, 2.05) is 12.1 Å². The highest BCUT2D eigenvalue weighted by molar-refractivity contribution is 5.27. The SMILES string of the molecule is CC(C)CCCCCCc1ccc(OCCOCCOCCOCCOCCOCCOCCO)cc1. The van der Waals surface area contributed by atoms with Crippen LogP contribution in [0, 0.1) is 5.92 Å². The van der Waals surface area contributed by atoms with Crippen LogP contribution in [0.2, 0.25) is 0 Å². The van der Waals surface area contributed by atoms with E-state index in [-0.39, 0.29) is 6.61 Å². The van der Waals surface area contributed by atoms with Gasteiger partial charge in [-0.15, -0.1) is 0 Å². The molecule has 0 saturated carbocycles. The number of hydrogen-bond acceptors (Lipinski definition) is 8. The van der Waals surface area contributed by atoms with E-state index >= 15 is 0 Å². The Morgan fingerprint density at radius 3 is 1.43 bits per heavy atom. The van der Waals surface area contributed by atoms with Gasteiger partial charge in [0.2, 0.25) is 0 Å². The lowest BCUT2D eigenvalue weighted by Crippen LogP contribution is -2.15. The fraction of sp³-hybridized carbons (Fsp3) is 0.793. The molecular formula is C29H52O8. The van der Waals surface area contributed by atoms with E-state index < -0.39 is 0 Å². The van der Waals surface area contributed by atoms with Crippen molar-refractivity contribution in [3.63, 3.8) is 0 Å². The average Bonchev–Trinajstić information content (AvgIpc) is 2.90. The summed E-state index contributed by atoms with van der Waals surface area (Å²) in [5.74, 6) is 1.71. The number of aliphatic hydroxyl groups excluding tert-OH is 1. The minimum Gasteiger partial charge on any atom is -0.491 e. The molecule has 0 unspecified atom stereocenters. The molecule has 0 aliphatic carbocycles. The first-order valence-corrected chi connectivity index (χ1v) is 14.0. The molecule has 8 nitrogen and oxygen atoms in total. The fourth-order valence-electron chi connectivity index (χ4n) is 3.47. The Balaban J connectivity index is 1.80. The first-order chi connectivity index (χ1) is 18.2. The molecule has 1 aromatic rings. The number of rotatable bonds is 28. The Labute approximate surface area is 224 Å². The smallest absolute Gasteiger partial charge is 0.119 e. The van der Waals surface area contributed by atoms with Crippen molar-refractivity contribution in [3.05, 3.63) is 29.8 Å². The second-order valence-electron chi connectivity index (χ2n) is 9.24. The van der Waals surface area contributed by atoms with Gasteiger partial charge in [-0.05, 0) is 36.5 Å². The van der Waals surface area contributed by atoms with Gasteiger partial charge in [0.25, 0.3) is 0 Å². The van der Waals surface area contributed by atoms with E-state index in [0.29, 0.717) is 85.9 Å². The molecular weight excluding hydrogens is 476 g/mol. The molecule has 8 heteroatoms.